The molecule has 1 atom stereocenters. The minimum Gasteiger partial charge on any atom is -0.448 e. The van der Waals surface area contributed by atoms with Crippen LogP contribution in [0.3, 0.4) is 0 Å². The summed E-state index contributed by atoms with van der Waals surface area (Å²) in [5.41, 5.74) is 2.46. The van der Waals surface area contributed by atoms with Crippen LogP contribution < -0.4 is 0 Å². The van der Waals surface area contributed by atoms with Gasteiger partial charge in [-0.25, -0.2) is 4.79 Å². The average Bonchev–Trinajstić information content (AvgIpc) is 2.63. The number of ether oxygens (including phenoxy) is 3. The molecule has 6 heteroatoms. The summed E-state index contributed by atoms with van der Waals surface area (Å²) in [6.07, 6.45) is -0.143. The monoisotopic (exact) mass is 334 g/mol. The Morgan fingerprint density at radius 3 is 2.67 bits per heavy atom. The standard InChI is InChI=1S/C18H26N2O4/c1-15-2-4-16(5-3-15)17-14-19(6-12-23-17)7-13-24-18(21)20-8-10-22-11-9-20/h2-5,17H,6-14H2,1H3/t17-/m1/s1. The van der Waals surface area contributed by atoms with E-state index in [-0.39, 0.29) is 12.2 Å². The van der Waals surface area contributed by atoms with Gasteiger partial charge < -0.3 is 19.1 Å². The number of carbonyl (C=O) groups is 1. The zero-order chi connectivity index (χ0) is 16.8. The first kappa shape index (κ1) is 17.2. The number of hydrogen-bond acceptors (Lipinski definition) is 5. The Bertz CT molecular complexity index is 528. The molecule has 24 heavy (non-hydrogen) atoms. The molecule has 2 aliphatic rings. The molecular formula is C18H26N2O4. The highest BCUT2D eigenvalue weighted by atomic mass is 16.6. The quantitative estimate of drug-likeness (QED) is 0.841. The minimum absolute atomic E-state index is 0.0919. The van der Waals surface area contributed by atoms with Gasteiger partial charge in [0.1, 0.15) is 6.61 Å². The van der Waals surface area contributed by atoms with E-state index in [4.69, 9.17) is 14.2 Å². The summed E-state index contributed by atoms with van der Waals surface area (Å²) in [4.78, 5) is 16.0. The van der Waals surface area contributed by atoms with Crippen LogP contribution in [-0.4, -0.2) is 75.0 Å². The van der Waals surface area contributed by atoms with Crippen LogP contribution >= 0.6 is 0 Å². The average molecular weight is 334 g/mol. The van der Waals surface area contributed by atoms with Crippen molar-refractivity contribution < 1.29 is 19.0 Å². The molecule has 3 rings (SSSR count). The van der Waals surface area contributed by atoms with Gasteiger partial charge in [-0.2, -0.15) is 0 Å². The van der Waals surface area contributed by atoms with Crippen LogP contribution in [0.5, 0.6) is 0 Å². The van der Waals surface area contributed by atoms with Crippen molar-refractivity contribution in [3.8, 4) is 0 Å². The SMILES string of the molecule is Cc1ccc([C@H]2CN(CCOC(=O)N3CCOCC3)CCO2)cc1. The Kier molecular flexibility index (Phi) is 6.07. The Labute approximate surface area is 143 Å². The predicted molar refractivity (Wildman–Crippen MR) is 90.1 cm³/mol. The number of amides is 1. The van der Waals surface area contributed by atoms with Gasteiger partial charge in [-0.1, -0.05) is 29.8 Å². The first-order chi connectivity index (χ1) is 11.7. The summed E-state index contributed by atoms with van der Waals surface area (Å²) in [6, 6.07) is 8.48. The number of benzene rings is 1. The lowest BCUT2D eigenvalue weighted by atomic mass is 10.1. The molecule has 0 saturated carbocycles. The highest BCUT2D eigenvalue weighted by Crippen LogP contribution is 2.22. The second-order valence-corrected chi connectivity index (χ2v) is 6.28. The van der Waals surface area contributed by atoms with Crippen molar-refractivity contribution in [2.24, 2.45) is 0 Å². The van der Waals surface area contributed by atoms with Crippen LogP contribution in [0.4, 0.5) is 4.79 Å². The first-order valence-electron chi connectivity index (χ1n) is 8.62. The summed E-state index contributed by atoms with van der Waals surface area (Å²) < 4.78 is 16.5. The van der Waals surface area contributed by atoms with E-state index in [0.29, 0.717) is 39.5 Å². The molecule has 0 unspecified atom stereocenters. The smallest absolute Gasteiger partial charge is 0.409 e. The van der Waals surface area contributed by atoms with Gasteiger partial charge >= 0.3 is 6.09 Å². The Morgan fingerprint density at radius 1 is 1.17 bits per heavy atom. The molecule has 0 N–H and O–H groups in total. The van der Waals surface area contributed by atoms with E-state index in [1.807, 2.05) is 0 Å². The minimum atomic E-state index is -0.235. The number of nitrogens with zero attached hydrogens (tertiary/aromatic N) is 2. The molecule has 0 spiro atoms. The van der Waals surface area contributed by atoms with E-state index in [9.17, 15) is 4.79 Å². The van der Waals surface area contributed by atoms with Crippen LogP contribution in [-0.2, 0) is 14.2 Å². The van der Waals surface area contributed by atoms with Gasteiger partial charge in [0.05, 0.1) is 25.9 Å². The molecule has 6 nitrogen and oxygen atoms in total. The normalized spacial score (nSPS) is 22.4. The fourth-order valence-electron chi connectivity index (χ4n) is 2.99. The number of rotatable bonds is 4. The summed E-state index contributed by atoms with van der Waals surface area (Å²) in [5.74, 6) is 0. The Morgan fingerprint density at radius 2 is 1.92 bits per heavy atom. The molecule has 1 amide bonds. The second-order valence-electron chi connectivity index (χ2n) is 6.28. The first-order valence-corrected chi connectivity index (χ1v) is 8.62. The summed E-state index contributed by atoms with van der Waals surface area (Å²) in [5, 5.41) is 0. The number of aryl methyl sites for hydroxylation is 1. The van der Waals surface area contributed by atoms with Gasteiger partial charge in [-0.05, 0) is 12.5 Å². The zero-order valence-corrected chi connectivity index (χ0v) is 14.3. The van der Waals surface area contributed by atoms with Crippen molar-refractivity contribution in [3.63, 3.8) is 0 Å². The van der Waals surface area contributed by atoms with Gasteiger partial charge in [0.25, 0.3) is 0 Å². The third kappa shape index (κ3) is 4.69. The third-order valence-electron chi connectivity index (χ3n) is 4.50. The van der Waals surface area contributed by atoms with E-state index in [2.05, 4.69) is 36.1 Å². The molecule has 1 aromatic rings. The van der Waals surface area contributed by atoms with Crippen LogP contribution in [0.1, 0.15) is 17.2 Å². The molecular weight excluding hydrogens is 308 g/mol. The largest absolute Gasteiger partial charge is 0.448 e. The van der Waals surface area contributed by atoms with Crippen molar-refractivity contribution in [3.05, 3.63) is 35.4 Å². The Balaban J connectivity index is 1.42. The molecule has 2 aliphatic heterocycles. The van der Waals surface area contributed by atoms with E-state index in [1.165, 1.54) is 11.1 Å². The molecule has 0 aliphatic carbocycles. The molecule has 2 saturated heterocycles. The molecule has 0 radical (unpaired) electrons. The van der Waals surface area contributed by atoms with Gasteiger partial charge in [0, 0.05) is 32.7 Å². The van der Waals surface area contributed by atoms with Gasteiger partial charge in [0.2, 0.25) is 0 Å². The Hall–Kier alpha value is -1.63. The number of carbonyl (C=O) groups excluding carboxylic acids is 1. The molecule has 2 heterocycles. The van der Waals surface area contributed by atoms with Crippen molar-refractivity contribution >= 4 is 6.09 Å². The highest BCUT2D eigenvalue weighted by molar-refractivity contribution is 5.67. The van der Waals surface area contributed by atoms with E-state index in [1.54, 1.807) is 4.90 Å². The molecule has 1 aromatic carbocycles. The predicted octanol–water partition coefficient (Wildman–Crippen LogP) is 1.84. The molecule has 0 aromatic heterocycles. The summed E-state index contributed by atoms with van der Waals surface area (Å²) in [6.45, 7) is 8.07. The van der Waals surface area contributed by atoms with Crippen LogP contribution in [0.15, 0.2) is 24.3 Å². The van der Waals surface area contributed by atoms with Gasteiger partial charge in [-0.3, -0.25) is 4.90 Å². The fourth-order valence-corrected chi connectivity index (χ4v) is 2.99. The number of hydrogen-bond donors (Lipinski definition) is 0. The van der Waals surface area contributed by atoms with Crippen LogP contribution in [0.25, 0.3) is 0 Å². The maximum Gasteiger partial charge on any atom is 0.409 e. The lowest BCUT2D eigenvalue weighted by Gasteiger charge is -2.33. The van der Waals surface area contributed by atoms with E-state index >= 15 is 0 Å². The highest BCUT2D eigenvalue weighted by Gasteiger charge is 2.23. The van der Waals surface area contributed by atoms with Crippen LogP contribution in [0.2, 0.25) is 0 Å². The lowest BCUT2D eigenvalue weighted by Crippen LogP contribution is -2.43. The van der Waals surface area contributed by atoms with Crippen molar-refractivity contribution in [2.75, 3.05) is 59.2 Å². The van der Waals surface area contributed by atoms with Crippen molar-refractivity contribution in [2.45, 2.75) is 13.0 Å². The molecule has 2 fully saturated rings. The maximum atomic E-state index is 12.0. The third-order valence-corrected chi connectivity index (χ3v) is 4.50. The van der Waals surface area contributed by atoms with Gasteiger partial charge in [0.15, 0.2) is 0 Å². The summed E-state index contributed by atoms with van der Waals surface area (Å²) in [7, 11) is 0. The van der Waals surface area contributed by atoms with E-state index in [0.717, 1.165) is 19.6 Å². The van der Waals surface area contributed by atoms with Crippen LogP contribution in [0, 0.1) is 6.92 Å². The van der Waals surface area contributed by atoms with Gasteiger partial charge in [-0.15, -0.1) is 0 Å². The molecule has 132 valence electrons. The summed E-state index contributed by atoms with van der Waals surface area (Å²) >= 11 is 0. The zero-order valence-electron chi connectivity index (χ0n) is 14.3. The van der Waals surface area contributed by atoms with Crippen molar-refractivity contribution in [1.82, 2.24) is 9.80 Å². The lowest BCUT2D eigenvalue weighted by molar-refractivity contribution is -0.0363. The number of morpholine rings is 2. The molecule has 0 bridgehead atoms. The topological polar surface area (TPSA) is 51.2 Å². The van der Waals surface area contributed by atoms with Crippen molar-refractivity contribution in [1.29, 1.82) is 0 Å². The maximum absolute atomic E-state index is 12.0. The van der Waals surface area contributed by atoms with E-state index < -0.39 is 0 Å². The second kappa shape index (κ2) is 8.46. The fraction of sp³-hybridized carbons (Fsp3) is 0.611.